The van der Waals surface area contributed by atoms with Gasteiger partial charge >= 0.3 is 6.36 Å². The van der Waals surface area contributed by atoms with Crippen LogP contribution < -0.4 is 5.32 Å². The number of rotatable bonds is 6. The van der Waals surface area contributed by atoms with Crippen LogP contribution in [-0.2, 0) is 17.8 Å². The molecule has 0 spiro atoms. The van der Waals surface area contributed by atoms with Crippen molar-refractivity contribution in [2.24, 2.45) is 0 Å². The van der Waals surface area contributed by atoms with Gasteiger partial charge in [-0.25, -0.2) is 0 Å². The number of alkyl halides is 3. The Morgan fingerprint density at radius 1 is 1.33 bits per heavy atom. The quantitative estimate of drug-likeness (QED) is 0.856. The number of ether oxygens (including phenoxy) is 1. The topological polar surface area (TPSA) is 39.1 Å². The molecule has 18 heavy (non-hydrogen) atoms. The molecule has 1 N–H and O–H groups in total. The molecule has 0 aliphatic rings. The van der Waals surface area contributed by atoms with E-state index in [1.54, 1.807) is 4.68 Å². The first-order chi connectivity index (χ1) is 8.35. The zero-order chi connectivity index (χ0) is 13.8. The fourth-order valence-corrected chi connectivity index (χ4v) is 1.71. The summed E-state index contributed by atoms with van der Waals surface area (Å²) in [4.78, 5) is 0. The molecule has 0 aliphatic heterocycles. The van der Waals surface area contributed by atoms with E-state index in [-0.39, 0.29) is 6.54 Å². The van der Waals surface area contributed by atoms with Gasteiger partial charge in [0.05, 0.1) is 18.8 Å². The highest BCUT2D eigenvalue weighted by molar-refractivity contribution is 5.24. The van der Waals surface area contributed by atoms with Crippen LogP contribution in [0.4, 0.5) is 13.2 Å². The van der Waals surface area contributed by atoms with Gasteiger partial charge in [0.1, 0.15) is 0 Å². The van der Waals surface area contributed by atoms with E-state index in [1.165, 1.54) is 0 Å². The van der Waals surface area contributed by atoms with Crippen LogP contribution >= 0.6 is 0 Å². The van der Waals surface area contributed by atoms with Crippen molar-refractivity contribution >= 4 is 0 Å². The predicted octanol–water partition coefficient (Wildman–Crippen LogP) is 2.15. The zero-order valence-electron chi connectivity index (χ0n) is 10.8. The van der Waals surface area contributed by atoms with Gasteiger partial charge in [0.25, 0.3) is 0 Å². The molecular weight excluding hydrogens is 247 g/mol. The van der Waals surface area contributed by atoms with Crippen LogP contribution in [0, 0.1) is 13.8 Å². The predicted molar refractivity (Wildman–Crippen MR) is 61.1 cm³/mol. The molecule has 1 aromatic rings. The number of aryl methyl sites for hydroxylation is 1. The molecule has 0 unspecified atom stereocenters. The molecule has 104 valence electrons. The van der Waals surface area contributed by atoms with Crippen molar-refractivity contribution in [3.05, 3.63) is 17.0 Å². The fraction of sp³-hybridized carbons (Fsp3) is 0.727. The minimum atomic E-state index is -4.58. The van der Waals surface area contributed by atoms with Crippen molar-refractivity contribution in [1.29, 1.82) is 0 Å². The molecule has 1 aromatic heterocycles. The maximum Gasteiger partial charge on any atom is 0.522 e. The third-order valence-electron chi connectivity index (χ3n) is 2.65. The monoisotopic (exact) mass is 265 g/mol. The maximum absolute atomic E-state index is 11.8. The zero-order valence-corrected chi connectivity index (χ0v) is 10.8. The number of nitrogens with zero attached hydrogens (tertiary/aromatic N) is 2. The molecule has 0 atom stereocenters. The minimum absolute atomic E-state index is 0.0955. The maximum atomic E-state index is 11.8. The molecule has 0 radical (unpaired) electrons. The van der Waals surface area contributed by atoms with Crippen LogP contribution in [0.1, 0.15) is 23.9 Å². The van der Waals surface area contributed by atoms with Gasteiger partial charge in [0, 0.05) is 17.8 Å². The first-order valence-electron chi connectivity index (χ1n) is 5.79. The second kappa shape index (κ2) is 6.19. The van der Waals surface area contributed by atoms with E-state index in [9.17, 15) is 13.2 Å². The van der Waals surface area contributed by atoms with Crippen LogP contribution in [-0.4, -0.2) is 29.3 Å². The summed E-state index contributed by atoms with van der Waals surface area (Å²) in [5.41, 5.74) is 2.74. The van der Waals surface area contributed by atoms with E-state index >= 15 is 0 Å². The summed E-state index contributed by atoms with van der Waals surface area (Å²) >= 11 is 0. The molecule has 0 saturated carbocycles. The average Bonchev–Trinajstić information content (AvgIpc) is 2.51. The third kappa shape index (κ3) is 4.30. The van der Waals surface area contributed by atoms with Crippen LogP contribution in [0.2, 0.25) is 0 Å². The Hall–Kier alpha value is -1.08. The van der Waals surface area contributed by atoms with Gasteiger partial charge in [-0.15, -0.1) is 13.2 Å². The Bertz CT molecular complexity index is 388. The first kappa shape index (κ1) is 15.0. The Labute approximate surface area is 104 Å². The lowest BCUT2D eigenvalue weighted by atomic mass is 10.2. The van der Waals surface area contributed by atoms with Gasteiger partial charge < -0.3 is 5.32 Å². The molecule has 0 bridgehead atoms. The van der Waals surface area contributed by atoms with E-state index in [0.29, 0.717) is 6.54 Å². The fourth-order valence-electron chi connectivity index (χ4n) is 1.71. The molecular formula is C11H18F3N3O. The number of aromatic nitrogens is 2. The highest BCUT2D eigenvalue weighted by atomic mass is 19.4. The molecule has 7 heteroatoms. The molecule has 1 rings (SSSR count). The first-order valence-corrected chi connectivity index (χ1v) is 5.79. The van der Waals surface area contributed by atoms with Gasteiger partial charge in [-0.3, -0.25) is 9.42 Å². The smallest absolute Gasteiger partial charge is 0.313 e. The second-order valence-corrected chi connectivity index (χ2v) is 3.95. The minimum Gasteiger partial charge on any atom is -0.313 e. The number of hydrogen-bond donors (Lipinski definition) is 1. The highest BCUT2D eigenvalue weighted by Gasteiger charge is 2.28. The van der Waals surface area contributed by atoms with Crippen molar-refractivity contribution < 1.29 is 17.9 Å². The largest absolute Gasteiger partial charge is 0.522 e. The third-order valence-corrected chi connectivity index (χ3v) is 2.65. The van der Waals surface area contributed by atoms with Crippen molar-refractivity contribution in [3.63, 3.8) is 0 Å². The van der Waals surface area contributed by atoms with Crippen molar-refractivity contribution in [2.75, 3.05) is 13.2 Å². The summed E-state index contributed by atoms with van der Waals surface area (Å²) in [5, 5.41) is 7.39. The number of hydrogen-bond acceptors (Lipinski definition) is 3. The van der Waals surface area contributed by atoms with E-state index in [2.05, 4.69) is 15.2 Å². The Balaban J connectivity index is 2.61. The van der Waals surface area contributed by atoms with Crippen molar-refractivity contribution in [1.82, 2.24) is 15.1 Å². The SMILES string of the molecule is CCNCc1c(C)nn(CCOC(F)(F)F)c1C. The number of halogens is 3. The lowest BCUT2D eigenvalue weighted by molar-refractivity contribution is -0.325. The lowest BCUT2D eigenvalue weighted by Crippen LogP contribution is -2.18. The van der Waals surface area contributed by atoms with E-state index in [1.807, 2.05) is 20.8 Å². The van der Waals surface area contributed by atoms with Crippen LogP contribution in [0.5, 0.6) is 0 Å². The Kier molecular flexibility index (Phi) is 5.15. The van der Waals surface area contributed by atoms with E-state index in [4.69, 9.17) is 0 Å². The molecule has 0 fully saturated rings. The van der Waals surface area contributed by atoms with Crippen LogP contribution in [0.15, 0.2) is 0 Å². The summed E-state index contributed by atoms with van der Waals surface area (Å²) in [6.45, 7) is 6.87. The number of nitrogens with one attached hydrogen (secondary N) is 1. The van der Waals surface area contributed by atoms with E-state index < -0.39 is 13.0 Å². The molecule has 0 saturated heterocycles. The Morgan fingerprint density at radius 3 is 2.56 bits per heavy atom. The normalized spacial score (nSPS) is 12.1. The molecule has 0 amide bonds. The van der Waals surface area contributed by atoms with Crippen LogP contribution in [0.3, 0.4) is 0 Å². The van der Waals surface area contributed by atoms with Gasteiger partial charge in [-0.2, -0.15) is 5.10 Å². The van der Waals surface area contributed by atoms with Gasteiger partial charge in [0.2, 0.25) is 0 Å². The highest BCUT2D eigenvalue weighted by Crippen LogP contribution is 2.17. The second-order valence-electron chi connectivity index (χ2n) is 3.95. The van der Waals surface area contributed by atoms with Crippen LogP contribution in [0.25, 0.3) is 0 Å². The van der Waals surface area contributed by atoms with Crippen molar-refractivity contribution in [3.8, 4) is 0 Å². The van der Waals surface area contributed by atoms with Gasteiger partial charge in [0.15, 0.2) is 0 Å². The standard InChI is InChI=1S/C11H18F3N3O/c1-4-15-7-10-8(2)16-17(9(10)3)5-6-18-11(12,13)14/h15H,4-7H2,1-3H3. The summed E-state index contributed by atoms with van der Waals surface area (Å²) < 4.78 is 40.8. The van der Waals surface area contributed by atoms with E-state index in [0.717, 1.165) is 23.5 Å². The van der Waals surface area contributed by atoms with Gasteiger partial charge in [-0.1, -0.05) is 6.92 Å². The summed E-state index contributed by atoms with van der Waals surface area (Å²) in [6.07, 6.45) is -4.58. The van der Waals surface area contributed by atoms with Gasteiger partial charge in [-0.05, 0) is 20.4 Å². The van der Waals surface area contributed by atoms with Crippen molar-refractivity contribution in [2.45, 2.75) is 40.2 Å². The average molecular weight is 265 g/mol. The summed E-state index contributed by atoms with van der Waals surface area (Å²) in [5.74, 6) is 0. The molecule has 1 heterocycles. The lowest BCUT2D eigenvalue weighted by Gasteiger charge is -2.08. The Morgan fingerprint density at radius 2 is 2.00 bits per heavy atom. The molecule has 0 aromatic carbocycles. The summed E-state index contributed by atoms with van der Waals surface area (Å²) in [7, 11) is 0. The molecule has 4 nitrogen and oxygen atoms in total. The molecule has 0 aliphatic carbocycles. The summed E-state index contributed by atoms with van der Waals surface area (Å²) in [6, 6.07) is 0.